The molecular formula is C8H19NO2. The average Bonchev–Trinajstić information content (AvgIpc) is 1.90. The van der Waals surface area contributed by atoms with Crippen LogP contribution in [0.25, 0.3) is 0 Å². The quantitative estimate of drug-likeness (QED) is 0.581. The molecule has 0 aromatic heterocycles. The number of esters is 1. The van der Waals surface area contributed by atoms with Crippen LogP contribution >= 0.6 is 0 Å². The van der Waals surface area contributed by atoms with Gasteiger partial charge in [0.2, 0.25) is 0 Å². The Hall–Kier alpha value is -0.570. The van der Waals surface area contributed by atoms with Gasteiger partial charge in [-0.1, -0.05) is 13.8 Å². The van der Waals surface area contributed by atoms with E-state index in [9.17, 15) is 4.79 Å². The SMILES string of the molecule is CC.CC(=O)OCCN(C)C. The molecule has 0 atom stereocenters. The van der Waals surface area contributed by atoms with Gasteiger partial charge < -0.3 is 9.64 Å². The molecule has 0 aromatic rings. The molecule has 0 aliphatic heterocycles. The molecule has 0 saturated heterocycles. The Labute approximate surface area is 69.3 Å². The van der Waals surface area contributed by atoms with Crippen molar-refractivity contribution < 1.29 is 9.53 Å². The van der Waals surface area contributed by atoms with E-state index in [-0.39, 0.29) is 5.97 Å². The zero-order valence-electron chi connectivity index (χ0n) is 8.18. The van der Waals surface area contributed by atoms with Gasteiger partial charge in [0, 0.05) is 13.5 Å². The fourth-order valence-corrected chi connectivity index (χ4v) is 0.372. The van der Waals surface area contributed by atoms with Gasteiger partial charge in [-0.25, -0.2) is 0 Å². The molecule has 0 heterocycles. The predicted octanol–water partition coefficient (Wildman–Crippen LogP) is 1.14. The summed E-state index contributed by atoms with van der Waals surface area (Å²) in [7, 11) is 3.87. The third kappa shape index (κ3) is 17.7. The Morgan fingerprint density at radius 2 is 1.82 bits per heavy atom. The van der Waals surface area contributed by atoms with Crippen molar-refractivity contribution >= 4 is 5.97 Å². The van der Waals surface area contributed by atoms with Crippen LogP contribution in [-0.4, -0.2) is 38.1 Å². The van der Waals surface area contributed by atoms with Gasteiger partial charge in [0.15, 0.2) is 0 Å². The number of carbonyl (C=O) groups is 1. The maximum Gasteiger partial charge on any atom is 0.302 e. The van der Waals surface area contributed by atoms with Crippen molar-refractivity contribution in [2.75, 3.05) is 27.2 Å². The fraction of sp³-hybridized carbons (Fsp3) is 0.875. The summed E-state index contributed by atoms with van der Waals surface area (Å²) in [4.78, 5) is 12.1. The summed E-state index contributed by atoms with van der Waals surface area (Å²) in [5, 5.41) is 0. The van der Waals surface area contributed by atoms with Gasteiger partial charge in [0.05, 0.1) is 0 Å². The summed E-state index contributed by atoms with van der Waals surface area (Å²) < 4.78 is 4.67. The van der Waals surface area contributed by atoms with Crippen molar-refractivity contribution in [2.24, 2.45) is 0 Å². The molecule has 0 bridgehead atoms. The molecule has 0 unspecified atom stereocenters. The third-order valence-electron chi connectivity index (χ3n) is 0.844. The lowest BCUT2D eigenvalue weighted by atomic mass is 10.6. The molecule has 0 radical (unpaired) electrons. The molecule has 0 aliphatic rings. The Morgan fingerprint density at radius 1 is 1.36 bits per heavy atom. The topological polar surface area (TPSA) is 29.5 Å². The van der Waals surface area contributed by atoms with Crippen molar-refractivity contribution in [2.45, 2.75) is 20.8 Å². The van der Waals surface area contributed by atoms with Crippen LogP contribution in [0.1, 0.15) is 20.8 Å². The van der Waals surface area contributed by atoms with Gasteiger partial charge >= 0.3 is 5.97 Å². The van der Waals surface area contributed by atoms with Crippen molar-refractivity contribution in [3.05, 3.63) is 0 Å². The summed E-state index contributed by atoms with van der Waals surface area (Å²) in [5.74, 6) is -0.211. The lowest BCUT2D eigenvalue weighted by Gasteiger charge is -2.07. The Bertz CT molecular complexity index is 92.1. The van der Waals surface area contributed by atoms with E-state index in [1.807, 2.05) is 32.8 Å². The fourth-order valence-electron chi connectivity index (χ4n) is 0.372. The summed E-state index contributed by atoms with van der Waals surface area (Å²) in [6, 6.07) is 0. The number of hydrogen-bond acceptors (Lipinski definition) is 3. The number of likely N-dealkylation sites (N-methyl/N-ethyl adjacent to an activating group) is 1. The smallest absolute Gasteiger partial charge is 0.302 e. The second kappa shape index (κ2) is 9.43. The van der Waals surface area contributed by atoms with Crippen molar-refractivity contribution in [3.63, 3.8) is 0 Å². The molecule has 0 spiro atoms. The van der Waals surface area contributed by atoms with Crippen molar-refractivity contribution in [1.82, 2.24) is 4.90 Å². The van der Waals surface area contributed by atoms with Crippen LogP contribution in [-0.2, 0) is 9.53 Å². The van der Waals surface area contributed by atoms with Gasteiger partial charge in [-0.15, -0.1) is 0 Å². The monoisotopic (exact) mass is 161 g/mol. The van der Waals surface area contributed by atoms with Gasteiger partial charge in [-0.3, -0.25) is 4.79 Å². The van der Waals surface area contributed by atoms with E-state index in [0.717, 1.165) is 6.54 Å². The summed E-state index contributed by atoms with van der Waals surface area (Å²) in [5.41, 5.74) is 0. The molecule has 0 amide bonds. The largest absolute Gasteiger partial charge is 0.465 e. The molecule has 68 valence electrons. The standard InChI is InChI=1S/C6H13NO2.C2H6/c1-6(8)9-5-4-7(2)3;1-2/h4-5H2,1-3H3;1-2H3. The highest BCUT2D eigenvalue weighted by Gasteiger charge is 1.92. The first kappa shape index (κ1) is 13.1. The molecule has 0 fully saturated rings. The molecule has 11 heavy (non-hydrogen) atoms. The lowest BCUT2D eigenvalue weighted by Crippen LogP contribution is -2.19. The lowest BCUT2D eigenvalue weighted by molar-refractivity contribution is -0.141. The second-order valence-electron chi connectivity index (χ2n) is 2.14. The molecular weight excluding hydrogens is 142 g/mol. The molecule has 3 heteroatoms. The van der Waals surface area contributed by atoms with Gasteiger partial charge in [-0.2, -0.15) is 0 Å². The van der Waals surface area contributed by atoms with Crippen LogP contribution in [0.4, 0.5) is 0 Å². The molecule has 0 aromatic carbocycles. The third-order valence-corrected chi connectivity index (χ3v) is 0.844. The maximum atomic E-state index is 10.2. The number of carbonyl (C=O) groups excluding carboxylic acids is 1. The van der Waals surface area contributed by atoms with Crippen LogP contribution in [0.2, 0.25) is 0 Å². The van der Waals surface area contributed by atoms with Crippen LogP contribution in [0.15, 0.2) is 0 Å². The zero-order chi connectivity index (χ0) is 9.28. The van der Waals surface area contributed by atoms with E-state index in [2.05, 4.69) is 4.74 Å². The minimum absolute atomic E-state index is 0.211. The van der Waals surface area contributed by atoms with E-state index in [0.29, 0.717) is 6.61 Å². The zero-order valence-corrected chi connectivity index (χ0v) is 8.18. The minimum atomic E-state index is -0.211. The summed E-state index contributed by atoms with van der Waals surface area (Å²) in [6.45, 7) is 6.69. The van der Waals surface area contributed by atoms with Gasteiger partial charge in [-0.05, 0) is 14.1 Å². The van der Waals surface area contributed by atoms with Crippen LogP contribution in [0.3, 0.4) is 0 Å². The van der Waals surface area contributed by atoms with E-state index < -0.39 is 0 Å². The normalized spacial score (nSPS) is 8.55. The highest BCUT2D eigenvalue weighted by Crippen LogP contribution is 1.77. The first-order valence-electron chi connectivity index (χ1n) is 3.91. The van der Waals surface area contributed by atoms with E-state index >= 15 is 0 Å². The molecule has 3 nitrogen and oxygen atoms in total. The first-order valence-corrected chi connectivity index (χ1v) is 3.91. The number of ether oxygens (including phenoxy) is 1. The first-order chi connectivity index (χ1) is 5.13. The van der Waals surface area contributed by atoms with Crippen LogP contribution < -0.4 is 0 Å². The van der Waals surface area contributed by atoms with E-state index in [1.165, 1.54) is 6.92 Å². The van der Waals surface area contributed by atoms with Crippen LogP contribution in [0, 0.1) is 0 Å². The van der Waals surface area contributed by atoms with Crippen LogP contribution in [0.5, 0.6) is 0 Å². The average molecular weight is 161 g/mol. The van der Waals surface area contributed by atoms with Crippen molar-refractivity contribution in [3.8, 4) is 0 Å². The highest BCUT2D eigenvalue weighted by atomic mass is 16.5. The molecule has 0 saturated carbocycles. The summed E-state index contributed by atoms with van der Waals surface area (Å²) in [6.07, 6.45) is 0. The Balaban J connectivity index is 0. The molecule has 0 rings (SSSR count). The second-order valence-corrected chi connectivity index (χ2v) is 2.14. The van der Waals surface area contributed by atoms with E-state index in [1.54, 1.807) is 0 Å². The van der Waals surface area contributed by atoms with Gasteiger partial charge in [0.1, 0.15) is 6.61 Å². The van der Waals surface area contributed by atoms with E-state index in [4.69, 9.17) is 0 Å². The minimum Gasteiger partial charge on any atom is -0.465 e. The summed E-state index contributed by atoms with van der Waals surface area (Å²) >= 11 is 0. The maximum absolute atomic E-state index is 10.2. The molecule has 0 aliphatic carbocycles. The highest BCUT2D eigenvalue weighted by molar-refractivity contribution is 5.65. The Kier molecular flexibility index (Phi) is 11.2. The molecule has 0 N–H and O–H groups in total. The number of nitrogens with zero attached hydrogens (tertiary/aromatic N) is 1. The number of rotatable bonds is 3. The number of hydrogen-bond donors (Lipinski definition) is 0. The van der Waals surface area contributed by atoms with Crippen molar-refractivity contribution in [1.29, 1.82) is 0 Å². The van der Waals surface area contributed by atoms with Gasteiger partial charge in [0.25, 0.3) is 0 Å². The Morgan fingerprint density at radius 3 is 2.09 bits per heavy atom. The predicted molar refractivity (Wildman–Crippen MR) is 46.5 cm³/mol.